The van der Waals surface area contributed by atoms with Crippen molar-refractivity contribution < 1.29 is 19.1 Å². The quantitative estimate of drug-likeness (QED) is 0.714. The summed E-state index contributed by atoms with van der Waals surface area (Å²) in [6, 6.07) is 5.29. The number of amides is 2. The molecule has 1 saturated heterocycles. The molecule has 1 aliphatic heterocycles. The van der Waals surface area contributed by atoms with E-state index in [1.54, 1.807) is 24.4 Å². The molecule has 0 aliphatic carbocycles. The monoisotopic (exact) mass is 424 g/mol. The predicted molar refractivity (Wildman–Crippen MR) is 107 cm³/mol. The van der Waals surface area contributed by atoms with Crippen LogP contribution in [0, 0.1) is 6.92 Å². The highest BCUT2D eigenvalue weighted by Gasteiger charge is 2.20. The first-order valence-electron chi connectivity index (χ1n) is 8.75. The Labute approximate surface area is 171 Å². The SMILES string of the molecule is Cc1ccc(Cl)c(OC(C)C(=O)NNC(=O)c2csc(N3CCOCC3)n2)c1. The van der Waals surface area contributed by atoms with Crippen LogP contribution in [0.15, 0.2) is 23.6 Å². The average Bonchev–Trinajstić information content (AvgIpc) is 3.19. The van der Waals surface area contributed by atoms with E-state index < -0.39 is 17.9 Å². The lowest BCUT2D eigenvalue weighted by molar-refractivity contribution is -0.128. The number of hydrazine groups is 1. The molecule has 1 atom stereocenters. The van der Waals surface area contributed by atoms with E-state index in [0.717, 1.165) is 23.8 Å². The lowest BCUT2D eigenvalue weighted by atomic mass is 10.2. The summed E-state index contributed by atoms with van der Waals surface area (Å²) in [5, 5.41) is 2.82. The summed E-state index contributed by atoms with van der Waals surface area (Å²) in [5.41, 5.74) is 5.90. The second kappa shape index (κ2) is 9.22. The van der Waals surface area contributed by atoms with E-state index >= 15 is 0 Å². The van der Waals surface area contributed by atoms with Gasteiger partial charge >= 0.3 is 0 Å². The van der Waals surface area contributed by atoms with E-state index in [2.05, 4.69) is 20.7 Å². The number of ether oxygens (including phenoxy) is 2. The van der Waals surface area contributed by atoms with Gasteiger partial charge in [0.05, 0.1) is 18.2 Å². The molecule has 2 aromatic rings. The summed E-state index contributed by atoms with van der Waals surface area (Å²) in [4.78, 5) is 30.8. The Hall–Kier alpha value is -2.36. The van der Waals surface area contributed by atoms with Crippen molar-refractivity contribution in [3.05, 3.63) is 39.9 Å². The maximum atomic E-state index is 12.2. The molecule has 2 heterocycles. The normalized spacial score (nSPS) is 15.0. The zero-order chi connectivity index (χ0) is 20.1. The van der Waals surface area contributed by atoms with Gasteiger partial charge in [0.2, 0.25) is 0 Å². The molecule has 1 aromatic heterocycles. The van der Waals surface area contributed by atoms with Crippen LogP contribution in [0.5, 0.6) is 5.75 Å². The minimum absolute atomic E-state index is 0.238. The fraction of sp³-hybridized carbons (Fsp3) is 0.389. The molecule has 0 spiro atoms. The van der Waals surface area contributed by atoms with E-state index in [-0.39, 0.29) is 5.69 Å². The summed E-state index contributed by atoms with van der Waals surface area (Å²) < 4.78 is 10.9. The second-order valence-corrected chi connectivity index (χ2v) is 7.50. The Morgan fingerprint density at radius 2 is 2.07 bits per heavy atom. The number of benzene rings is 1. The van der Waals surface area contributed by atoms with E-state index in [1.165, 1.54) is 11.3 Å². The van der Waals surface area contributed by atoms with Crippen LogP contribution >= 0.6 is 22.9 Å². The smallest absolute Gasteiger partial charge is 0.289 e. The Kier molecular flexibility index (Phi) is 6.71. The van der Waals surface area contributed by atoms with Gasteiger partial charge in [-0.15, -0.1) is 11.3 Å². The largest absolute Gasteiger partial charge is 0.479 e. The topological polar surface area (TPSA) is 92.8 Å². The van der Waals surface area contributed by atoms with Gasteiger partial charge in [-0.25, -0.2) is 4.98 Å². The van der Waals surface area contributed by atoms with Crippen molar-refractivity contribution in [2.45, 2.75) is 20.0 Å². The number of hydrogen-bond acceptors (Lipinski definition) is 7. The zero-order valence-corrected chi connectivity index (χ0v) is 17.1. The standard InChI is InChI=1S/C18H21ClN4O4S/c1-11-3-4-13(19)15(9-11)27-12(2)16(24)21-22-17(25)14-10-28-18(20-14)23-5-7-26-8-6-23/h3-4,9-10,12H,5-8H2,1-2H3,(H,21,24)(H,22,25). The van der Waals surface area contributed by atoms with Gasteiger partial charge in [0, 0.05) is 18.5 Å². The van der Waals surface area contributed by atoms with Crippen molar-refractivity contribution in [3.63, 3.8) is 0 Å². The van der Waals surface area contributed by atoms with Gasteiger partial charge in [-0.3, -0.25) is 20.4 Å². The third-order valence-corrected chi connectivity index (χ3v) is 5.28. The third kappa shape index (κ3) is 5.12. The Morgan fingerprint density at radius 3 is 2.82 bits per heavy atom. The van der Waals surface area contributed by atoms with Gasteiger partial charge < -0.3 is 14.4 Å². The number of rotatable bonds is 5. The molecule has 10 heteroatoms. The first kappa shape index (κ1) is 20.4. The van der Waals surface area contributed by atoms with Crippen LogP contribution < -0.4 is 20.5 Å². The average molecular weight is 425 g/mol. The molecule has 1 unspecified atom stereocenters. The summed E-state index contributed by atoms with van der Waals surface area (Å²) in [6.07, 6.45) is -0.848. The number of nitrogens with zero attached hydrogens (tertiary/aromatic N) is 2. The number of anilines is 1. The lowest BCUT2D eigenvalue weighted by Gasteiger charge is -2.25. The van der Waals surface area contributed by atoms with Crippen molar-refractivity contribution in [1.82, 2.24) is 15.8 Å². The highest BCUT2D eigenvalue weighted by Crippen LogP contribution is 2.26. The number of thiazole rings is 1. The summed E-state index contributed by atoms with van der Waals surface area (Å²) in [5.74, 6) is -0.593. The van der Waals surface area contributed by atoms with Crippen LogP contribution in [0.2, 0.25) is 5.02 Å². The molecule has 2 N–H and O–H groups in total. The van der Waals surface area contributed by atoms with Crippen LogP contribution in [-0.2, 0) is 9.53 Å². The number of morpholine rings is 1. The first-order chi connectivity index (χ1) is 13.4. The molecule has 3 rings (SSSR count). The Morgan fingerprint density at radius 1 is 1.32 bits per heavy atom. The van der Waals surface area contributed by atoms with Crippen molar-refractivity contribution in [2.75, 3.05) is 31.2 Å². The highest BCUT2D eigenvalue weighted by atomic mass is 35.5. The molecule has 0 bridgehead atoms. The first-order valence-corrected chi connectivity index (χ1v) is 10.0. The van der Waals surface area contributed by atoms with Gasteiger partial charge in [-0.1, -0.05) is 17.7 Å². The maximum Gasteiger partial charge on any atom is 0.289 e. The molecule has 2 amide bonds. The van der Waals surface area contributed by atoms with Crippen molar-refractivity contribution in [3.8, 4) is 5.75 Å². The number of aryl methyl sites for hydroxylation is 1. The van der Waals surface area contributed by atoms with Crippen LogP contribution in [0.3, 0.4) is 0 Å². The minimum atomic E-state index is -0.848. The fourth-order valence-corrected chi connectivity index (χ4v) is 3.52. The van der Waals surface area contributed by atoms with E-state index in [0.29, 0.717) is 24.0 Å². The Bertz CT molecular complexity index is 854. The van der Waals surface area contributed by atoms with Crippen LogP contribution in [0.4, 0.5) is 5.13 Å². The van der Waals surface area contributed by atoms with Crippen molar-refractivity contribution in [1.29, 1.82) is 0 Å². The molecular weight excluding hydrogens is 404 g/mol. The molecule has 0 saturated carbocycles. The summed E-state index contributed by atoms with van der Waals surface area (Å²) in [6.45, 7) is 6.22. The molecular formula is C18H21ClN4O4S. The Balaban J connectivity index is 1.51. The van der Waals surface area contributed by atoms with Gasteiger partial charge in [0.1, 0.15) is 11.4 Å². The van der Waals surface area contributed by atoms with E-state index in [1.807, 2.05) is 13.0 Å². The molecule has 0 radical (unpaired) electrons. The number of hydrogen-bond donors (Lipinski definition) is 2. The van der Waals surface area contributed by atoms with Gasteiger partial charge in [-0.05, 0) is 31.5 Å². The van der Waals surface area contributed by atoms with Gasteiger partial charge in [0.15, 0.2) is 11.2 Å². The zero-order valence-electron chi connectivity index (χ0n) is 15.5. The fourth-order valence-electron chi connectivity index (χ4n) is 2.50. The summed E-state index contributed by atoms with van der Waals surface area (Å²) >= 11 is 7.45. The number of carbonyl (C=O) groups excluding carboxylic acids is 2. The minimum Gasteiger partial charge on any atom is -0.479 e. The molecule has 1 aliphatic rings. The molecule has 150 valence electrons. The van der Waals surface area contributed by atoms with Gasteiger partial charge in [-0.2, -0.15) is 0 Å². The van der Waals surface area contributed by atoms with Crippen molar-refractivity contribution in [2.24, 2.45) is 0 Å². The lowest BCUT2D eigenvalue weighted by Crippen LogP contribution is -2.47. The van der Waals surface area contributed by atoms with Crippen molar-refractivity contribution >= 4 is 39.9 Å². The highest BCUT2D eigenvalue weighted by molar-refractivity contribution is 7.13. The third-order valence-electron chi connectivity index (χ3n) is 4.07. The second-order valence-electron chi connectivity index (χ2n) is 6.25. The van der Waals surface area contributed by atoms with Crippen LogP contribution in [-0.4, -0.2) is 49.2 Å². The number of nitrogens with one attached hydrogen (secondary N) is 2. The molecule has 1 aromatic carbocycles. The van der Waals surface area contributed by atoms with E-state index in [9.17, 15) is 9.59 Å². The predicted octanol–water partition coefficient (Wildman–Crippen LogP) is 2.17. The molecule has 28 heavy (non-hydrogen) atoms. The van der Waals surface area contributed by atoms with Crippen LogP contribution in [0.1, 0.15) is 23.0 Å². The van der Waals surface area contributed by atoms with Crippen LogP contribution in [0.25, 0.3) is 0 Å². The molecule has 8 nitrogen and oxygen atoms in total. The number of aromatic nitrogens is 1. The van der Waals surface area contributed by atoms with E-state index in [4.69, 9.17) is 21.1 Å². The molecule has 1 fully saturated rings. The summed E-state index contributed by atoms with van der Waals surface area (Å²) in [7, 11) is 0. The number of carbonyl (C=O) groups is 2. The maximum absolute atomic E-state index is 12.2. The van der Waals surface area contributed by atoms with Gasteiger partial charge in [0.25, 0.3) is 11.8 Å². The number of halogens is 1.